The third kappa shape index (κ3) is 4.50. The van der Waals surface area contributed by atoms with Crippen LogP contribution in [0.4, 0.5) is 0 Å². The number of ether oxygens (including phenoxy) is 1. The smallest absolute Gasteiger partial charge is 0.246 e. The van der Waals surface area contributed by atoms with Crippen molar-refractivity contribution >= 4 is 33.7 Å². The van der Waals surface area contributed by atoms with Gasteiger partial charge >= 0.3 is 0 Å². The number of halogens is 1. The Labute approximate surface area is 208 Å². The molecule has 8 nitrogen and oxygen atoms in total. The number of unbranched alkanes of at least 4 members (excludes halogenated alkanes) is 1. The van der Waals surface area contributed by atoms with Gasteiger partial charge in [-0.1, -0.05) is 46.3 Å². The Morgan fingerprint density at radius 1 is 1.21 bits per heavy atom. The number of benzene rings is 1. The summed E-state index contributed by atoms with van der Waals surface area (Å²) in [4.78, 5) is 42.1. The third-order valence-electron chi connectivity index (χ3n) is 6.96. The van der Waals surface area contributed by atoms with Gasteiger partial charge in [-0.2, -0.15) is 0 Å². The molecule has 186 valence electrons. The van der Waals surface area contributed by atoms with Crippen LogP contribution < -0.4 is 10.6 Å². The standard InChI is InChI=1S/C25H34BrN3O5/c1-24(2,3)28-22(32)20-25-13-16(26)19(34-25)17(18(25)23(33)29(20)11-7-8-12-30)21(31)27-14-15-9-5-4-6-10-15/h4-6,9-10,16-20,30H,7-8,11-14H2,1-3H3,(H,27,31)(H,28,32)/t16?,17-,18+,19-,20?,25?/m1/s1. The highest BCUT2D eigenvalue weighted by atomic mass is 79.9. The molecule has 0 aliphatic carbocycles. The quantitative estimate of drug-likeness (QED) is 0.347. The van der Waals surface area contributed by atoms with E-state index in [1.54, 1.807) is 4.90 Å². The molecule has 0 radical (unpaired) electrons. The van der Waals surface area contributed by atoms with Gasteiger partial charge in [0.1, 0.15) is 11.6 Å². The number of likely N-dealkylation sites (tertiary alicyclic amines) is 1. The van der Waals surface area contributed by atoms with Crippen molar-refractivity contribution < 1.29 is 24.2 Å². The van der Waals surface area contributed by atoms with E-state index in [1.165, 1.54) is 0 Å². The lowest BCUT2D eigenvalue weighted by Gasteiger charge is -2.36. The molecular weight excluding hydrogens is 502 g/mol. The molecule has 1 aromatic carbocycles. The van der Waals surface area contributed by atoms with E-state index in [1.807, 2.05) is 51.1 Å². The number of hydrogen-bond donors (Lipinski definition) is 3. The highest BCUT2D eigenvalue weighted by Gasteiger charge is 2.76. The fourth-order valence-corrected chi connectivity index (χ4v) is 6.65. The Bertz CT molecular complexity index is 936. The summed E-state index contributed by atoms with van der Waals surface area (Å²) in [7, 11) is 0. The molecule has 3 unspecified atom stereocenters. The van der Waals surface area contributed by atoms with Gasteiger partial charge in [0.15, 0.2) is 0 Å². The van der Waals surface area contributed by atoms with Gasteiger partial charge in [0.2, 0.25) is 17.7 Å². The fourth-order valence-electron chi connectivity index (χ4n) is 5.70. The summed E-state index contributed by atoms with van der Waals surface area (Å²) in [6, 6.07) is 8.79. The van der Waals surface area contributed by atoms with Crippen molar-refractivity contribution in [1.82, 2.24) is 15.5 Å². The molecule has 6 atom stereocenters. The second kappa shape index (κ2) is 9.59. The van der Waals surface area contributed by atoms with E-state index in [0.29, 0.717) is 32.4 Å². The highest BCUT2D eigenvalue weighted by Crippen LogP contribution is 2.60. The summed E-state index contributed by atoms with van der Waals surface area (Å²) >= 11 is 3.67. The third-order valence-corrected chi connectivity index (χ3v) is 7.80. The number of carbonyl (C=O) groups excluding carboxylic acids is 3. The first-order valence-electron chi connectivity index (χ1n) is 12.0. The first-order chi connectivity index (χ1) is 16.1. The molecule has 4 rings (SSSR count). The van der Waals surface area contributed by atoms with Gasteiger partial charge in [-0.25, -0.2) is 0 Å². The van der Waals surface area contributed by atoms with Gasteiger partial charge in [-0.05, 0) is 45.6 Å². The summed E-state index contributed by atoms with van der Waals surface area (Å²) in [6.07, 6.45) is 1.10. The monoisotopic (exact) mass is 535 g/mol. The number of amides is 3. The van der Waals surface area contributed by atoms with Crippen LogP contribution in [0.5, 0.6) is 0 Å². The number of fused-ring (bicyclic) bond motifs is 1. The summed E-state index contributed by atoms with van der Waals surface area (Å²) in [5.41, 5.74) is -0.572. The Balaban J connectivity index is 1.63. The molecule has 3 aliphatic rings. The predicted molar refractivity (Wildman–Crippen MR) is 130 cm³/mol. The molecule has 34 heavy (non-hydrogen) atoms. The molecule has 9 heteroatoms. The molecule has 1 spiro atoms. The number of hydrogen-bond acceptors (Lipinski definition) is 5. The molecular formula is C25H34BrN3O5. The number of aliphatic hydroxyl groups excluding tert-OH is 1. The van der Waals surface area contributed by atoms with Crippen molar-refractivity contribution in [2.24, 2.45) is 11.8 Å². The molecule has 0 aromatic heterocycles. The summed E-state index contributed by atoms with van der Waals surface area (Å²) < 4.78 is 6.46. The minimum Gasteiger partial charge on any atom is -0.396 e. The van der Waals surface area contributed by atoms with Crippen LogP contribution in [-0.2, 0) is 25.7 Å². The van der Waals surface area contributed by atoms with Crippen LogP contribution in [0.15, 0.2) is 30.3 Å². The number of aliphatic hydroxyl groups is 1. The minimum absolute atomic E-state index is 0.0159. The first-order valence-corrected chi connectivity index (χ1v) is 12.9. The topological polar surface area (TPSA) is 108 Å². The molecule has 1 aromatic rings. The van der Waals surface area contributed by atoms with Crippen LogP contribution in [0.2, 0.25) is 0 Å². The maximum absolute atomic E-state index is 13.8. The van der Waals surface area contributed by atoms with Crippen LogP contribution in [0.1, 0.15) is 45.6 Å². The van der Waals surface area contributed by atoms with Gasteiger partial charge in [0.05, 0.1) is 17.9 Å². The Morgan fingerprint density at radius 3 is 2.56 bits per heavy atom. The Kier molecular flexibility index (Phi) is 7.09. The molecule has 3 saturated heterocycles. The minimum atomic E-state index is -1.06. The molecule has 3 amide bonds. The van der Waals surface area contributed by atoms with E-state index < -0.39 is 35.1 Å². The lowest BCUT2D eigenvalue weighted by molar-refractivity contribution is -0.142. The molecule has 3 aliphatic heterocycles. The van der Waals surface area contributed by atoms with Crippen molar-refractivity contribution in [2.75, 3.05) is 13.2 Å². The van der Waals surface area contributed by atoms with Crippen molar-refractivity contribution in [3.63, 3.8) is 0 Å². The van der Waals surface area contributed by atoms with Crippen LogP contribution in [0, 0.1) is 11.8 Å². The predicted octanol–water partition coefficient (Wildman–Crippen LogP) is 1.74. The highest BCUT2D eigenvalue weighted by molar-refractivity contribution is 9.09. The van der Waals surface area contributed by atoms with Crippen LogP contribution in [0.3, 0.4) is 0 Å². The Morgan fingerprint density at radius 2 is 1.91 bits per heavy atom. The maximum atomic E-state index is 13.8. The summed E-state index contributed by atoms with van der Waals surface area (Å²) in [5.74, 6) is -2.11. The molecule has 3 N–H and O–H groups in total. The van der Waals surface area contributed by atoms with Crippen LogP contribution in [0.25, 0.3) is 0 Å². The number of nitrogens with one attached hydrogen (secondary N) is 2. The average molecular weight is 536 g/mol. The molecule has 3 heterocycles. The zero-order chi connectivity index (χ0) is 24.7. The number of rotatable bonds is 8. The largest absolute Gasteiger partial charge is 0.396 e. The number of nitrogens with zero attached hydrogens (tertiary/aromatic N) is 1. The van der Waals surface area contributed by atoms with Gasteiger partial charge in [0, 0.05) is 30.1 Å². The second-order valence-electron chi connectivity index (χ2n) is 10.6. The van der Waals surface area contributed by atoms with E-state index in [4.69, 9.17) is 4.74 Å². The maximum Gasteiger partial charge on any atom is 0.246 e. The van der Waals surface area contributed by atoms with Crippen molar-refractivity contribution in [2.45, 2.75) is 74.7 Å². The van der Waals surface area contributed by atoms with Crippen molar-refractivity contribution in [3.05, 3.63) is 35.9 Å². The summed E-state index contributed by atoms with van der Waals surface area (Å²) in [5, 5.41) is 15.2. The van der Waals surface area contributed by atoms with Gasteiger partial charge in [-0.15, -0.1) is 0 Å². The molecule has 2 bridgehead atoms. The zero-order valence-corrected chi connectivity index (χ0v) is 21.5. The van der Waals surface area contributed by atoms with Crippen LogP contribution in [-0.4, -0.2) is 69.0 Å². The van der Waals surface area contributed by atoms with Crippen molar-refractivity contribution in [1.29, 1.82) is 0 Å². The number of carbonyl (C=O) groups is 3. The average Bonchev–Trinajstić information content (AvgIpc) is 3.35. The summed E-state index contributed by atoms with van der Waals surface area (Å²) in [6.45, 7) is 6.39. The molecule has 3 fully saturated rings. The van der Waals surface area contributed by atoms with E-state index in [9.17, 15) is 19.5 Å². The van der Waals surface area contributed by atoms with E-state index in [0.717, 1.165) is 5.56 Å². The zero-order valence-electron chi connectivity index (χ0n) is 19.9. The lowest BCUT2D eigenvalue weighted by atomic mass is 9.70. The van der Waals surface area contributed by atoms with Crippen LogP contribution >= 0.6 is 15.9 Å². The van der Waals surface area contributed by atoms with Gasteiger partial charge in [0.25, 0.3) is 0 Å². The molecule has 0 saturated carbocycles. The fraction of sp³-hybridized carbons (Fsp3) is 0.640. The number of alkyl halides is 1. The van der Waals surface area contributed by atoms with E-state index in [-0.39, 0.29) is 29.2 Å². The second-order valence-corrected chi connectivity index (χ2v) is 11.7. The van der Waals surface area contributed by atoms with E-state index in [2.05, 4.69) is 26.6 Å². The SMILES string of the molecule is CC(C)(C)NC(=O)C1N(CCCCO)C(=O)[C@@H]2[C@@H](C(=O)NCc3ccccc3)[C@@H]3OC12CC3Br. The van der Waals surface area contributed by atoms with Crippen molar-refractivity contribution in [3.8, 4) is 0 Å². The first kappa shape index (κ1) is 25.1. The van der Waals surface area contributed by atoms with Gasteiger partial charge in [-0.3, -0.25) is 14.4 Å². The normalized spacial score (nSPS) is 32.1. The lowest BCUT2D eigenvalue weighted by Crippen LogP contribution is -2.58. The Hall–Kier alpha value is -1.97. The van der Waals surface area contributed by atoms with E-state index >= 15 is 0 Å². The van der Waals surface area contributed by atoms with Gasteiger partial charge < -0.3 is 25.4 Å².